The van der Waals surface area contributed by atoms with Gasteiger partial charge in [-0.1, -0.05) is 200 Å². The highest BCUT2D eigenvalue weighted by Gasteiger charge is 2.46. The Balaban J connectivity index is 1.04. The molecule has 296 valence electrons. The molecule has 10 aromatic carbocycles. The second kappa shape index (κ2) is 15.1. The highest BCUT2D eigenvalue weighted by molar-refractivity contribution is 6.11. The molecule has 0 bridgehead atoms. The quantitative estimate of drug-likeness (QED) is 0.149. The third kappa shape index (κ3) is 5.87. The van der Waals surface area contributed by atoms with Gasteiger partial charge >= 0.3 is 0 Å². The monoisotopic (exact) mass is 802 g/mol. The van der Waals surface area contributed by atoms with E-state index in [4.69, 9.17) is 0 Å². The van der Waals surface area contributed by atoms with Gasteiger partial charge < -0.3 is 9.47 Å². The predicted octanol–water partition coefficient (Wildman–Crippen LogP) is 16.0. The van der Waals surface area contributed by atoms with Crippen LogP contribution >= 0.6 is 0 Å². The maximum Gasteiger partial charge on any atom is 0.0713 e. The van der Waals surface area contributed by atoms with Gasteiger partial charge in [0.15, 0.2) is 0 Å². The number of hydrogen-bond donors (Lipinski definition) is 0. The summed E-state index contributed by atoms with van der Waals surface area (Å²) in [5.74, 6) is 0. The van der Waals surface area contributed by atoms with E-state index in [1.54, 1.807) is 0 Å². The van der Waals surface area contributed by atoms with Crippen LogP contribution in [0.4, 0.5) is 17.1 Å². The van der Waals surface area contributed by atoms with Gasteiger partial charge in [0, 0.05) is 33.4 Å². The van der Waals surface area contributed by atoms with Gasteiger partial charge in [-0.15, -0.1) is 0 Å². The topological polar surface area (TPSA) is 8.17 Å². The molecule has 1 heterocycles. The van der Waals surface area contributed by atoms with Gasteiger partial charge in [0.1, 0.15) is 0 Å². The average molecular weight is 803 g/mol. The molecule has 1 aromatic heterocycles. The van der Waals surface area contributed by atoms with Crippen molar-refractivity contribution in [1.82, 2.24) is 4.57 Å². The minimum absolute atomic E-state index is 0.447. The normalized spacial score (nSPS) is 12.6. The first kappa shape index (κ1) is 36.6. The molecule has 0 amide bonds. The Bertz CT molecular complexity index is 3380. The second-order valence-electron chi connectivity index (χ2n) is 16.4. The fourth-order valence-electron chi connectivity index (χ4n) is 10.3. The number of fused-ring (bicyclic) bond motifs is 6. The third-order valence-corrected chi connectivity index (χ3v) is 13.1. The van der Waals surface area contributed by atoms with Crippen molar-refractivity contribution < 1.29 is 0 Å². The summed E-state index contributed by atoms with van der Waals surface area (Å²) in [5, 5.41) is 2.47. The van der Waals surface area contributed by atoms with E-state index < -0.39 is 5.41 Å². The van der Waals surface area contributed by atoms with Crippen LogP contribution in [-0.4, -0.2) is 4.57 Å². The fourth-order valence-corrected chi connectivity index (χ4v) is 10.3. The summed E-state index contributed by atoms with van der Waals surface area (Å²) in [6, 6.07) is 93.1. The van der Waals surface area contributed by atoms with Crippen LogP contribution in [0.15, 0.2) is 255 Å². The maximum absolute atomic E-state index is 2.47. The van der Waals surface area contributed by atoms with E-state index >= 15 is 0 Å². The summed E-state index contributed by atoms with van der Waals surface area (Å²) in [4.78, 5) is 2.38. The second-order valence-corrected chi connectivity index (χ2v) is 16.4. The highest BCUT2D eigenvalue weighted by Crippen LogP contribution is 2.56. The lowest BCUT2D eigenvalue weighted by atomic mass is 9.68. The van der Waals surface area contributed by atoms with Crippen LogP contribution in [0.5, 0.6) is 0 Å². The van der Waals surface area contributed by atoms with Gasteiger partial charge in [-0.3, -0.25) is 0 Å². The molecule has 0 N–H and O–H groups in total. The summed E-state index contributed by atoms with van der Waals surface area (Å²) < 4.78 is 2.47. The molecule has 0 unspecified atom stereocenters. The minimum Gasteiger partial charge on any atom is -0.310 e. The van der Waals surface area contributed by atoms with E-state index in [1.807, 2.05) is 0 Å². The lowest BCUT2D eigenvalue weighted by Crippen LogP contribution is -2.28. The number of rotatable bonds is 8. The third-order valence-electron chi connectivity index (χ3n) is 13.1. The number of anilines is 3. The van der Waals surface area contributed by atoms with Crippen molar-refractivity contribution in [2.24, 2.45) is 0 Å². The van der Waals surface area contributed by atoms with Crippen molar-refractivity contribution in [3.8, 4) is 39.1 Å². The first-order valence-electron chi connectivity index (χ1n) is 21.8. The molecule has 0 radical (unpaired) electrons. The molecule has 0 aliphatic heterocycles. The van der Waals surface area contributed by atoms with Crippen LogP contribution < -0.4 is 4.90 Å². The summed E-state index contributed by atoms with van der Waals surface area (Å²) in [7, 11) is 0. The van der Waals surface area contributed by atoms with E-state index in [0.29, 0.717) is 0 Å². The smallest absolute Gasteiger partial charge is 0.0713 e. The minimum atomic E-state index is -0.447. The van der Waals surface area contributed by atoms with Crippen molar-refractivity contribution in [2.75, 3.05) is 4.90 Å². The molecule has 12 rings (SSSR count). The van der Waals surface area contributed by atoms with Crippen molar-refractivity contribution in [3.05, 3.63) is 277 Å². The van der Waals surface area contributed by atoms with Gasteiger partial charge in [-0.25, -0.2) is 0 Å². The number of benzene rings is 10. The number of nitrogens with zero attached hydrogens (tertiary/aromatic N) is 2. The number of para-hydroxylation sites is 3. The van der Waals surface area contributed by atoms with Crippen molar-refractivity contribution in [1.29, 1.82) is 0 Å². The van der Waals surface area contributed by atoms with Gasteiger partial charge in [-0.05, 0) is 105 Å². The molecule has 0 saturated carbocycles. The summed E-state index contributed by atoms with van der Waals surface area (Å²) in [6.45, 7) is 0. The molecule has 11 aromatic rings. The lowest BCUT2D eigenvalue weighted by Gasteiger charge is -2.33. The van der Waals surface area contributed by atoms with Crippen LogP contribution in [0, 0.1) is 0 Å². The first-order chi connectivity index (χ1) is 31.3. The van der Waals surface area contributed by atoms with Crippen LogP contribution in [-0.2, 0) is 5.41 Å². The van der Waals surface area contributed by atoms with E-state index in [2.05, 4.69) is 264 Å². The van der Waals surface area contributed by atoms with Gasteiger partial charge in [0.25, 0.3) is 0 Å². The highest BCUT2D eigenvalue weighted by atomic mass is 15.1. The molecule has 0 atom stereocenters. The molecular formula is C61H42N2. The van der Waals surface area contributed by atoms with Crippen molar-refractivity contribution in [3.63, 3.8) is 0 Å². The Morgan fingerprint density at radius 1 is 0.317 bits per heavy atom. The van der Waals surface area contributed by atoms with Crippen LogP contribution in [0.25, 0.3) is 60.9 Å². The van der Waals surface area contributed by atoms with Gasteiger partial charge in [0.2, 0.25) is 0 Å². The molecule has 2 nitrogen and oxygen atoms in total. The van der Waals surface area contributed by atoms with E-state index in [-0.39, 0.29) is 0 Å². The molecule has 1 aliphatic rings. The van der Waals surface area contributed by atoms with Gasteiger partial charge in [-0.2, -0.15) is 0 Å². The summed E-state index contributed by atoms with van der Waals surface area (Å²) in [6.07, 6.45) is 0. The lowest BCUT2D eigenvalue weighted by molar-refractivity contribution is 0.768. The summed E-state index contributed by atoms with van der Waals surface area (Å²) >= 11 is 0. The Kier molecular flexibility index (Phi) is 8.76. The van der Waals surface area contributed by atoms with Crippen molar-refractivity contribution in [2.45, 2.75) is 5.41 Å². The molecule has 0 fully saturated rings. The average Bonchev–Trinajstić information content (AvgIpc) is 3.86. The van der Waals surface area contributed by atoms with E-state index in [1.165, 1.54) is 66.3 Å². The Labute approximate surface area is 368 Å². The molecule has 63 heavy (non-hydrogen) atoms. The molecule has 2 heteroatoms. The van der Waals surface area contributed by atoms with Crippen LogP contribution in [0.3, 0.4) is 0 Å². The van der Waals surface area contributed by atoms with Crippen LogP contribution in [0.2, 0.25) is 0 Å². The SMILES string of the molecule is c1ccc(-c2ccc(N(c3ccccc3)c3ccccc3-c3ccc4c5ccccc5n(-c5ccc6c(c5)-c5ccccc5C6(c5ccccc5)c5ccccc5)c4c3)cc2)cc1. The Hall–Kier alpha value is -8.20. The zero-order valence-corrected chi connectivity index (χ0v) is 34.6. The van der Waals surface area contributed by atoms with Crippen molar-refractivity contribution >= 4 is 38.9 Å². The predicted molar refractivity (Wildman–Crippen MR) is 264 cm³/mol. The molecule has 0 spiro atoms. The number of aromatic nitrogens is 1. The Morgan fingerprint density at radius 3 is 1.57 bits per heavy atom. The summed E-state index contributed by atoms with van der Waals surface area (Å²) in [5.41, 5.74) is 18.8. The molecular weight excluding hydrogens is 761 g/mol. The van der Waals surface area contributed by atoms with Crippen LogP contribution in [0.1, 0.15) is 22.3 Å². The van der Waals surface area contributed by atoms with E-state index in [9.17, 15) is 0 Å². The van der Waals surface area contributed by atoms with Gasteiger partial charge in [0.05, 0.1) is 22.1 Å². The fraction of sp³-hybridized carbons (Fsp3) is 0.0164. The zero-order valence-electron chi connectivity index (χ0n) is 34.6. The standard InChI is InChI=1S/C61H42N2/c1-5-19-43(20-6-1)44-33-36-49(37-34-44)62(48-25-11-4-12-26-48)58-31-17-14-27-51(58)45-35-39-54-53-29-15-18-32-59(53)63(60(54)41-45)50-38-40-57-55(42-50)52-28-13-16-30-56(52)61(57,46-21-7-2-8-22-46)47-23-9-3-10-24-47/h1-42H. The Morgan fingerprint density at radius 2 is 0.841 bits per heavy atom. The largest absolute Gasteiger partial charge is 0.310 e. The maximum atomic E-state index is 2.47. The van der Waals surface area contributed by atoms with E-state index in [0.717, 1.165) is 33.9 Å². The number of hydrogen-bond acceptors (Lipinski definition) is 1. The zero-order chi connectivity index (χ0) is 41.7. The molecule has 1 aliphatic carbocycles. The molecule has 0 saturated heterocycles. The first-order valence-corrected chi connectivity index (χ1v) is 21.8.